The van der Waals surface area contributed by atoms with E-state index in [1.807, 2.05) is 4.98 Å². The predicted molar refractivity (Wildman–Crippen MR) is 70.3 cm³/mol. The molecule has 1 aromatic heterocycles. The Balaban J connectivity index is 2.89. The summed E-state index contributed by atoms with van der Waals surface area (Å²) in [5, 5.41) is 0. The van der Waals surface area contributed by atoms with Crippen LogP contribution in [0, 0.1) is 0 Å². The van der Waals surface area contributed by atoms with E-state index in [1.54, 1.807) is 0 Å². The third-order valence-corrected chi connectivity index (χ3v) is 3.43. The maximum absolute atomic E-state index is 12.8. The van der Waals surface area contributed by atoms with Crippen molar-refractivity contribution in [1.29, 1.82) is 0 Å². The van der Waals surface area contributed by atoms with Crippen molar-refractivity contribution in [3.05, 3.63) is 38.4 Å². The van der Waals surface area contributed by atoms with Gasteiger partial charge in [-0.15, -0.1) is 0 Å². The number of aromatic amines is 1. The fourth-order valence-electron chi connectivity index (χ4n) is 1.91. The van der Waals surface area contributed by atoms with Gasteiger partial charge in [-0.1, -0.05) is 0 Å². The number of hydrogen-bond acceptors (Lipinski definition) is 4. The molecule has 0 fully saturated rings. The molecule has 0 spiro atoms. The van der Waals surface area contributed by atoms with Gasteiger partial charge in [0.25, 0.3) is 0 Å². The SMILES string of the molecule is Nc1cc2c(cc1C(F)(F)F)[nH]c(=O)c(=O)n2CP(=O)(O)O. The van der Waals surface area contributed by atoms with Crippen molar-refractivity contribution >= 4 is 24.3 Å². The maximum atomic E-state index is 12.8. The molecule has 0 radical (unpaired) electrons. The molecule has 5 N–H and O–H groups in total. The van der Waals surface area contributed by atoms with Crippen molar-refractivity contribution in [2.45, 2.75) is 12.5 Å². The minimum Gasteiger partial charge on any atom is -0.398 e. The third-order valence-electron chi connectivity index (χ3n) is 2.78. The van der Waals surface area contributed by atoms with E-state index in [4.69, 9.17) is 15.5 Å². The summed E-state index contributed by atoms with van der Waals surface area (Å²) in [6, 6.07) is 1.23. The summed E-state index contributed by atoms with van der Waals surface area (Å²) in [5.74, 6) is 0. The minimum absolute atomic E-state index is 0.321. The molecule has 22 heavy (non-hydrogen) atoms. The van der Waals surface area contributed by atoms with Gasteiger partial charge in [0.05, 0.1) is 16.6 Å². The largest absolute Gasteiger partial charge is 0.418 e. The van der Waals surface area contributed by atoms with E-state index in [9.17, 15) is 27.3 Å². The Labute approximate surface area is 119 Å². The van der Waals surface area contributed by atoms with Gasteiger partial charge in [0.1, 0.15) is 6.29 Å². The smallest absolute Gasteiger partial charge is 0.398 e. The zero-order valence-electron chi connectivity index (χ0n) is 10.6. The average Bonchev–Trinajstić information content (AvgIpc) is 2.33. The monoisotopic (exact) mass is 339 g/mol. The Morgan fingerprint density at radius 1 is 1.27 bits per heavy atom. The molecule has 120 valence electrons. The summed E-state index contributed by atoms with van der Waals surface area (Å²) in [4.78, 5) is 42.9. The summed E-state index contributed by atoms with van der Waals surface area (Å²) in [7, 11) is -4.75. The van der Waals surface area contributed by atoms with E-state index in [0.717, 1.165) is 6.07 Å². The first-order valence-electron chi connectivity index (χ1n) is 5.58. The number of rotatable bonds is 2. The number of anilines is 1. The molecule has 0 bridgehead atoms. The summed E-state index contributed by atoms with van der Waals surface area (Å²) < 4.78 is 49.7. The third kappa shape index (κ3) is 3.06. The summed E-state index contributed by atoms with van der Waals surface area (Å²) in [6.07, 6.45) is -5.95. The van der Waals surface area contributed by atoms with Crippen LogP contribution in [0.3, 0.4) is 0 Å². The van der Waals surface area contributed by atoms with Crippen LogP contribution in [0.25, 0.3) is 11.0 Å². The summed E-state index contributed by atoms with van der Waals surface area (Å²) >= 11 is 0. The van der Waals surface area contributed by atoms with Gasteiger partial charge in [0.15, 0.2) is 0 Å². The lowest BCUT2D eigenvalue weighted by Crippen LogP contribution is -2.36. The molecule has 0 aliphatic heterocycles. The van der Waals surface area contributed by atoms with E-state index < -0.39 is 47.9 Å². The molecule has 0 unspecified atom stereocenters. The van der Waals surface area contributed by atoms with Crippen LogP contribution in [0.1, 0.15) is 5.56 Å². The molecule has 0 aliphatic rings. The molecular formula is C10H9F3N3O5P. The van der Waals surface area contributed by atoms with Crippen LogP contribution < -0.4 is 16.9 Å². The Bertz CT molecular complexity index is 911. The Hall–Kier alpha value is -2.10. The average molecular weight is 339 g/mol. The number of aromatic nitrogens is 2. The van der Waals surface area contributed by atoms with Crippen LogP contribution in [-0.2, 0) is 17.0 Å². The number of nitrogens with zero attached hydrogens (tertiary/aromatic N) is 1. The van der Waals surface area contributed by atoms with Crippen LogP contribution in [0.2, 0.25) is 0 Å². The van der Waals surface area contributed by atoms with Gasteiger partial charge in [-0.25, -0.2) is 0 Å². The fourth-order valence-corrected chi connectivity index (χ4v) is 2.55. The normalized spacial score (nSPS) is 12.8. The topological polar surface area (TPSA) is 138 Å². The quantitative estimate of drug-likeness (QED) is 0.355. The van der Waals surface area contributed by atoms with E-state index in [0.29, 0.717) is 10.6 Å². The highest BCUT2D eigenvalue weighted by molar-refractivity contribution is 7.50. The van der Waals surface area contributed by atoms with Crippen LogP contribution in [0.5, 0.6) is 0 Å². The van der Waals surface area contributed by atoms with Crippen molar-refractivity contribution in [3.63, 3.8) is 0 Å². The highest BCUT2D eigenvalue weighted by Crippen LogP contribution is 2.38. The zero-order chi connectivity index (χ0) is 16.9. The molecule has 2 rings (SSSR count). The number of benzene rings is 1. The fraction of sp³-hybridized carbons (Fsp3) is 0.200. The van der Waals surface area contributed by atoms with Gasteiger partial charge in [0, 0.05) is 5.69 Å². The molecule has 8 nitrogen and oxygen atoms in total. The van der Waals surface area contributed by atoms with E-state index >= 15 is 0 Å². The lowest BCUT2D eigenvalue weighted by molar-refractivity contribution is -0.136. The summed E-state index contributed by atoms with van der Waals surface area (Å²) in [6.45, 7) is 0. The first-order chi connectivity index (χ1) is 9.90. The predicted octanol–water partition coefficient (Wildman–Crippen LogP) is 0.426. The number of H-pyrrole nitrogens is 1. The highest BCUT2D eigenvalue weighted by atomic mass is 31.2. The molecule has 0 saturated heterocycles. The van der Waals surface area contributed by atoms with Gasteiger partial charge in [-0.3, -0.25) is 18.7 Å². The standard InChI is InChI=1S/C10H9F3N3O5P/c11-10(12,13)4-1-6-7(2-5(4)14)16(3-22(19,20)21)9(18)8(17)15-6/h1-2H,3,14H2,(H,15,17)(H2,19,20,21). The molecular weight excluding hydrogens is 330 g/mol. The van der Waals surface area contributed by atoms with Crippen LogP contribution in [0.15, 0.2) is 21.7 Å². The zero-order valence-corrected chi connectivity index (χ0v) is 11.5. The van der Waals surface area contributed by atoms with Crippen molar-refractivity contribution in [1.82, 2.24) is 9.55 Å². The molecule has 0 amide bonds. The Kier molecular flexibility index (Phi) is 3.68. The van der Waals surface area contributed by atoms with E-state index in [2.05, 4.69) is 0 Å². The van der Waals surface area contributed by atoms with Crippen LogP contribution in [-0.4, -0.2) is 19.3 Å². The minimum atomic E-state index is -4.79. The number of nitrogens with two attached hydrogens (primary N) is 1. The van der Waals surface area contributed by atoms with Gasteiger partial charge in [0.2, 0.25) is 0 Å². The Morgan fingerprint density at radius 3 is 2.36 bits per heavy atom. The molecule has 2 aromatic rings. The van der Waals surface area contributed by atoms with Gasteiger partial charge < -0.3 is 20.5 Å². The number of alkyl halides is 3. The molecule has 0 aliphatic carbocycles. The van der Waals surface area contributed by atoms with Crippen molar-refractivity contribution < 1.29 is 27.5 Å². The van der Waals surface area contributed by atoms with Gasteiger partial charge in [-0.05, 0) is 12.1 Å². The number of nitrogen functional groups attached to an aromatic ring is 1. The summed E-state index contributed by atoms with van der Waals surface area (Å²) in [5.41, 5.74) is -0.0661. The lowest BCUT2D eigenvalue weighted by Gasteiger charge is -2.14. The molecule has 0 saturated carbocycles. The molecule has 12 heteroatoms. The Morgan fingerprint density at radius 2 is 1.86 bits per heavy atom. The first-order valence-corrected chi connectivity index (χ1v) is 7.38. The molecule has 1 aromatic carbocycles. The van der Waals surface area contributed by atoms with Crippen molar-refractivity contribution in [3.8, 4) is 0 Å². The maximum Gasteiger partial charge on any atom is 0.418 e. The van der Waals surface area contributed by atoms with Crippen LogP contribution in [0.4, 0.5) is 18.9 Å². The number of halogens is 3. The van der Waals surface area contributed by atoms with E-state index in [1.165, 1.54) is 0 Å². The molecule has 1 heterocycles. The molecule has 0 atom stereocenters. The number of hydrogen-bond donors (Lipinski definition) is 4. The first kappa shape index (κ1) is 16.3. The number of fused-ring (bicyclic) bond motifs is 1. The second-order valence-corrected chi connectivity index (χ2v) is 6.06. The second kappa shape index (κ2) is 4.97. The second-order valence-electron chi connectivity index (χ2n) is 4.45. The van der Waals surface area contributed by atoms with Crippen molar-refractivity contribution in [2.24, 2.45) is 0 Å². The van der Waals surface area contributed by atoms with Gasteiger partial charge >= 0.3 is 24.9 Å². The van der Waals surface area contributed by atoms with Gasteiger partial charge in [-0.2, -0.15) is 13.2 Å². The van der Waals surface area contributed by atoms with Crippen molar-refractivity contribution in [2.75, 3.05) is 5.73 Å². The van der Waals surface area contributed by atoms with Crippen LogP contribution >= 0.6 is 7.60 Å². The lowest BCUT2D eigenvalue weighted by atomic mass is 10.1. The van der Waals surface area contributed by atoms with E-state index in [-0.39, 0.29) is 5.52 Å². The number of nitrogens with one attached hydrogen (secondary N) is 1. The highest BCUT2D eigenvalue weighted by Gasteiger charge is 2.33.